The van der Waals surface area contributed by atoms with Gasteiger partial charge in [0.05, 0.1) is 16.6 Å². The molecular formula is C16H14N4O. The molecule has 2 aromatic heterocycles. The summed E-state index contributed by atoms with van der Waals surface area (Å²) < 4.78 is 1.35. The van der Waals surface area contributed by atoms with Gasteiger partial charge >= 0.3 is 0 Å². The Morgan fingerprint density at radius 3 is 2.62 bits per heavy atom. The van der Waals surface area contributed by atoms with Gasteiger partial charge in [-0.1, -0.05) is 12.1 Å². The van der Waals surface area contributed by atoms with E-state index < -0.39 is 0 Å². The Balaban J connectivity index is 2.19. The van der Waals surface area contributed by atoms with Gasteiger partial charge in [-0.2, -0.15) is 9.78 Å². The van der Waals surface area contributed by atoms with Crippen LogP contribution in [0.4, 0.5) is 0 Å². The molecule has 0 aliphatic rings. The number of benzene rings is 1. The topological polar surface area (TPSA) is 60.1 Å². The molecule has 0 atom stereocenters. The highest BCUT2D eigenvalue weighted by Gasteiger charge is 2.07. The summed E-state index contributed by atoms with van der Waals surface area (Å²) in [4.78, 5) is 20.9. The molecule has 5 heteroatoms. The summed E-state index contributed by atoms with van der Waals surface area (Å²) in [7, 11) is 0. The third-order valence-corrected chi connectivity index (χ3v) is 3.26. The smallest absolute Gasteiger partial charge is 0.267 e. The summed E-state index contributed by atoms with van der Waals surface area (Å²) in [6.07, 6.45) is 3.39. The lowest BCUT2D eigenvalue weighted by atomic mass is 10.2. The van der Waals surface area contributed by atoms with Crippen LogP contribution in [0.25, 0.3) is 10.9 Å². The van der Waals surface area contributed by atoms with Crippen molar-refractivity contribution in [3.63, 3.8) is 0 Å². The van der Waals surface area contributed by atoms with Crippen LogP contribution in [0.2, 0.25) is 0 Å². The number of para-hydroxylation sites is 1. The van der Waals surface area contributed by atoms with Gasteiger partial charge in [0.2, 0.25) is 0 Å². The number of hydrogen-bond acceptors (Lipinski definition) is 4. The first-order valence-corrected chi connectivity index (χ1v) is 6.61. The van der Waals surface area contributed by atoms with Gasteiger partial charge in [-0.15, -0.1) is 0 Å². The number of aromatic nitrogens is 3. The van der Waals surface area contributed by atoms with Gasteiger partial charge in [-0.3, -0.25) is 9.78 Å². The molecule has 5 nitrogen and oxygen atoms in total. The van der Waals surface area contributed by atoms with E-state index in [4.69, 9.17) is 0 Å². The Morgan fingerprint density at radius 2 is 1.86 bits per heavy atom. The second-order valence-corrected chi connectivity index (χ2v) is 4.71. The zero-order valence-electron chi connectivity index (χ0n) is 11.8. The molecule has 0 radical (unpaired) electrons. The van der Waals surface area contributed by atoms with Crippen LogP contribution < -0.4 is 5.56 Å². The molecule has 0 N–H and O–H groups in total. The van der Waals surface area contributed by atoms with Crippen LogP contribution >= 0.6 is 0 Å². The quantitative estimate of drug-likeness (QED) is 0.676. The largest absolute Gasteiger partial charge is 0.282 e. The molecule has 0 aliphatic carbocycles. The highest BCUT2D eigenvalue weighted by molar-refractivity contribution is 5.98. The predicted octanol–water partition coefficient (Wildman–Crippen LogP) is 2.37. The van der Waals surface area contributed by atoms with E-state index in [1.807, 2.05) is 37.3 Å². The molecule has 0 unspecified atom stereocenters. The Morgan fingerprint density at radius 1 is 1.14 bits per heavy atom. The van der Waals surface area contributed by atoms with Gasteiger partial charge in [0.25, 0.3) is 5.56 Å². The second-order valence-electron chi connectivity index (χ2n) is 4.71. The van der Waals surface area contributed by atoms with E-state index in [0.717, 1.165) is 11.3 Å². The van der Waals surface area contributed by atoms with E-state index in [1.54, 1.807) is 25.4 Å². The molecule has 3 rings (SSSR count). The molecule has 0 amide bonds. The third kappa shape index (κ3) is 2.45. The fourth-order valence-electron chi connectivity index (χ4n) is 2.15. The standard InChI is InChI=1S/C16H14N4O/c1-11(13-7-9-17-10-8-13)19-20-12(2)18-15-6-4-3-5-14(15)16(20)21/h3-10H,1-2H3. The Kier molecular flexibility index (Phi) is 3.31. The number of pyridine rings is 1. The lowest BCUT2D eigenvalue weighted by Crippen LogP contribution is -2.21. The summed E-state index contributed by atoms with van der Waals surface area (Å²) in [6, 6.07) is 11.0. The van der Waals surface area contributed by atoms with Crippen LogP contribution in [0.5, 0.6) is 0 Å². The van der Waals surface area contributed by atoms with E-state index in [-0.39, 0.29) is 5.56 Å². The summed E-state index contributed by atoms with van der Waals surface area (Å²) in [5, 5.41) is 4.97. The Bertz CT molecular complexity index is 882. The molecule has 0 saturated heterocycles. The minimum absolute atomic E-state index is 0.161. The summed E-state index contributed by atoms with van der Waals surface area (Å²) in [5.74, 6) is 0.562. The van der Waals surface area contributed by atoms with Crippen molar-refractivity contribution >= 4 is 16.6 Å². The molecule has 0 bridgehead atoms. The van der Waals surface area contributed by atoms with Crippen LogP contribution in [-0.4, -0.2) is 20.4 Å². The average molecular weight is 278 g/mol. The van der Waals surface area contributed by atoms with Crippen LogP contribution in [0.1, 0.15) is 18.3 Å². The molecule has 1 aromatic carbocycles. The minimum Gasteiger partial charge on any atom is -0.267 e. The molecule has 3 aromatic rings. The zero-order valence-corrected chi connectivity index (χ0v) is 11.8. The van der Waals surface area contributed by atoms with Crippen molar-refractivity contribution in [2.24, 2.45) is 5.10 Å². The Hall–Kier alpha value is -2.82. The fraction of sp³-hybridized carbons (Fsp3) is 0.125. The maximum absolute atomic E-state index is 12.5. The molecule has 0 spiro atoms. The van der Waals surface area contributed by atoms with Gasteiger partial charge in [0.15, 0.2) is 0 Å². The maximum atomic E-state index is 12.5. The monoisotopic (exact) mass is 278 g/mol. The number of hydrogen-bond donors (Lipinski definition) is 0. The summed E-state index contributed by atoms with van der Waals surface area (Å²) in [6.45, 7) is 3.63. The molecule has 0 saturated carbocycles. The van der Waals surface area contributed by atoms with Crippen molar-refractivity contribution in [1.82, 2.24) is 14.6 Å². The van der Waals surface area contributed by atoms with Crippen LogP contribution in [-0.2, 0) is 0 Å². The van der Waals surface area contributed by atoms with Gasteiger partial charge in [-0.05, 0) is 38.1 Å². The van der Waals surface area contributed by atoms with Gasteiger partial charge < -0.3 is 0 Å². The van der Waals surface area contributed by atoms with E-state index in [9.17, 15) is 4.79 Å². The Labute approximate surface area is 121 Å². The third-order valence-electron chi connectivity index (χ3n) is 3.26. The second kappa shape index (κ2) is 5.28. The molecule has 2 heterocycles. The van der Waals surface area contributed by atoms with Crippen molar-refractivity contribution in [3.05, 3.63) is 70.5 Å². The maximum Gasteiger partial charge on any atom is 0.282 e. The lowest BCUT2D eigenvalue weighted by molar-refractivity contribution is 0.766. The number of aryl methyl sites for hydroxylation is 1. The van der Waals surface area contributed by atoms with E-state index in [0.29, 0.717) is 16.7 Å². The van der Waals surface area contributed by atoms with Crippen molar-refractivity contribution in [2.45, 2.75) is 13.8 Å². The van der Waals surface area contributed by atoms with Crippen LogP contribution in [0, 0.1) is 6.92 Å². The predicted molar refractivity (Wildman–Crippen MR) is 82.6 cm³/mol. The number of fused-ring (bicyclic) bond motifs is 1. The average Bonchev–Trinajstić information content (AvgIpc) is 2.52. The summed E-state index contributed by atoms with van der Waals surface area (Å²) >= 11 is 0. The summed E-state index contributed by atoms with van der Waals surface area (Å²) in [5.41, 5.74) is 2.18. The number of rotatable bonds is 2. The zero-order chi connectivity index (χ0) is 14.8. The molecule has 104 valence electrons. The number of nitrogens with zero attached hydrogens (tertiary/aromatic N) is 4. The molecule has 0 fully saturated rings. The highest BCUT2D eigenvalue weighted by Crippen LogP contribution is 2.08. The van der Waals surface area contributed by atoms with Gasteiger partial charge in [0.1, 0.15) is 5.82 Å². The van der Waals surface area contributed by atoms with E-state index in [1.165, 1.54) is 4.68 Å². The van der Waals surface area contributed by atoms with Crippen LogP contribution in [0.15, 0.2) is 58.7 Å². The van der Waals surface area contributed by atoms with Gasteiger partial charge in [-0.25, -0.2) is 4.98 Å². The normalized spacial score (nSPS) is 11.8. The first-order chi connectivity index (χ1) is 10.2. The molecular weight excluding hydrogens is 264 g/mol. The van der Waals surface area contributed by atoms with Crippen LogP contribution in [0.3, 0.4) is 0 Å². The first kappa shape index (κ1) is 13.2. The highest BCUT2D eigenvalue weighted by atomic mass is 16.1. The molecule has 21 heavy (non-hydrogen) atoms. The lowest BCUT2D eigenvalue weighted by Gasteiger charge is -2.07. The minimum atomic E-state index is -0.161. The first-order valence-electron chi connectivity index (χ1n) is 6.61. The van der Waals surface area contributed by atoms with E-state index >= 15 is 0 Å². The van der Waals surface area contributed by atoms with Gasteiger partial charge in [0, 0.05) is 18.0 Å². The van der Waals surface area contributed by atoms with E-state index in [2.05, 4.69) is 15.1 Å². The fourth-order valence-corrected chi connectivity index (χ4v) is 2.15. The van der Waals surface area contributed by atoms with Crippen molar-refractivity contribution in [2.75, 3.05) is 0 Å². The van der Waals surface area contributed by atoms with Crippen molar-refractivity contribution in [1.29, 1.82) is 0 Å². The molecule has 0 aliphatic heterocycles. The van der Waals surface area contributed by atoms with Crippen molar-refractivity contribution in [3.8, 4) is 0 Å². The SMILES string of the molecule is CC(=Nn1c(C)nc2ccccc2c1=O)c1ccncc1. The van der Waals surface area contributed by atoms with Crippen molar-refractivity contribution < 1.29 is 0 Å².